The Bertz CT molecular complexity index is 500. The molecule has 0 aromatic carbocycles. The minimum atomic E-state index is -0.505. The molecule has 0 aliphatic rings. The summed E-state index contributed by atoms with van der Waals surface area (Å²) in [6.07, 6.45) is 1.49. The maximum absolute atomic E-state index is 11.0. The first-order chi connectivity index (χ1) is 6.66. The first-order valence-corrected chi connectivity index (χ1v) is 4.20. The van der Waals surface area contributed by atoms with Crippen molar-refractivity contribution in [1.82, 2.24) is 14.8 Å². The number of nitrogens with zero attached hydrogens (tertiary/aromatic N) is 3. The van der Waals surface area contributed by atoms with Crippen LogP contribution in [0.3, 0.4) is 0 Å². The third kappa shape index (κ3) is 1.54. The van der Waals surface area contributed by atoms with Crippen LogP contribution in [0.1, 0.15) is 0 Å². The zero-order valence-corrected chi connectivity index (χ0v) is 8.02. The molecule has 0 aliphatic carbocycles. The van der Waals surface area contributed by atoms with Crippen molar-refractivity contribution < 1.29 is 4.42 Å². The summed E-state index contributed by atoms with van der Waals surface area (Å²) in [6.45, 7) is 0. The quantitative estimate of drug-likeness (QED) is 0.663. The minimum absolute atomic E-state index is 0.238. The van der Waals surface area contributed by atoms with Crippen molar-refractivity contribution in [3.05, 3.63) is 34.0 Å². The Balaban J connectivity index is 2.49. The number of halogens is 1. The second-order valence-electron chi connectivity index (χ2n) is 2.67. The van der Waals surface area contributed by atoms with Gasteiger partial charge in [0.1, 0.15) is 5.15 Å². The first-order valence-electron chi connectivity index (χ1n) is 3.83. The van der Waals surface area contributed by atoms with Crippen molar-refractivity contribution in [3.63, 3.8) is 0 Å². The highest BCUT2D eigenvalue weighted by Gasteiger charge is 2.07. The molecule has 0 bridgehead atoms. The summed E-state index contributed by atoms with van der Waals surface area (Å²) in [5.41, 5.74) is 0.618. The van der Waals surface area contributed by atoms with E-state index in [9.17, 15) is 4.79 Å². The number of aromatic nitrogens is 3. The van der Waals surface area contributed by atoms with Gasteiger partial charge in [0.15, 0.2) is 0 Å². The fraction of sp³-hybridized carbons (Fsp3) is 0.125. The van der Waals surface area contributed by atoms with Crippen molar-refractivity contribution in [3.8, 4) is 11.5 Å². The zero-order valence-electron chi connectivity index (χ0n) is 7.27. The topological polar surface area (TPSA) is 60.9 Å². The molecule has 2 aromatic rings. The van der Waals surface area contributed by atoms with Crippen LogP contribution in [-0.4, -0.2) is 14.8 Å². The fourth-order valence-corrected chi connectivity index (χ4v) is 1.08. The van der Waals surface area contributed by atoms with Gasteiger partial charge in [0.2, 0.25) is 0 Å². The van der Waals surface area contributed by atoms with Gasteiger partial charge in [0.05, 0.1) is 5.56 Å². The zero-order chi connectivity index (χ0) is 10.1. The van der Waals surface area contributed by atoms with Crippen molar-refractivity contribution in [2.24, 2.45) is 7.05 Å². The molecule has 0 radical (unpaired) electrons. The molecule has 72 valence electrons. The maximum atomic E-state index is 11.0. The number of hydrogen-bond acceptors (Lipinski definition) is 4. The second-order valence-corrected chi connectivity index (χ2v) is 3.05. The minimum Gasteiger partial charge on any atom is -0.388 e. The molecule has 0 saturated heterocycles. The summed E-state index contributed by atoms with van der Waals surface area (Å²) in [6, 6.07) is 3.28. The Morgan fingerprint density at radius 3 is 2.79 bits per heavy atom. The van der Waals surface area contributed by atoms with Crippen molar-refractivity contribution >= 4 is 11.6 Å². The van der Waals surface area contributed by atoms with Crippen molar-refractivity contribution in [2.75, 3.05) is 0 Å². The van der Waals surface area contributed by atoms with Crippen LogP contribution in [0.4, 0.5) is 0 Å². The average Bonchev–Trinajstić information content (AvgIpc) is 2.48. The molecule has 6 heteroatoms. The Hall–Kier alpha value is -1.62. The Morgan fingerprint density at radius 2 is 2.29 bits per heavy atom. The normalized spacial score (nSPS) is 10.4. The van der Waals surface area contributed by atoms with Gasteiger partial charge in [-0.25, -0.2) is 9.78 Å². The van der Waals surface area contributed by atoms with Crippen LogP contribution in [0.25, 0.3) is 11.5 Å². The molecule has 2 rings (SSSR count). The summed E-state index contributed by atoms with van der Waals surface area (Å²) < 4.78 is 5.97. The third-order valence-corrected chi connectivity index (χ3v) is 1.89. The van der Waals surface area contributed by atoms with E-state index in [0.29, 0.717) is 10.7 Å². The molecule has 5 nitrogen and oxygen atoms in total. The Labute approximate surface area is 83.9 Å². The predicted octanol–water partition coefficient (Wildman–Crippen LogP) is 1.09. The van der Waals surface area contributed by atoms with E-state index in [1.165, 1.54) is 13.2 Å². The van der Waals surface area contributed by atoms with Gasteiger partial charge in [-0.05, 0) is 12.1 Å². The van der Waals surface area contributed by atoms with Crippen molar-refractivity contribution in [2.45, 2.75) is 0 Å². The van der Waals surface area contributed by atoms with E-state index in [1.807, 2.05) is 0 Å². The van der Waals surface area contributed by atoms with Crippen LogP contribution >= 0.6 is 11.6 Å². The molecular weight excluding hydrogens is 206 g/mol. The molecule has 0 aliphatic heterocycles. The standard InChI is InChI=1S/C8H6ClN3O2/c1-12-8(13)14-7(11-12)5-2-3-6(9)10-4-5/h2-4H,1H3. The molecule has 0 amide bonds. The molecule has 0 unspecified atom stereocenters. The summed E-state index contributed by atoms with van der Waals surface area (Å²) in [4.78, 5) is 14.8. The molecule has 0 N–H and O–H groups in total. The highest BCUT2D eigenvalue weighted by Crippen LogP contribution is 2.15. The van der Waals surface area contributed by atoms with Crippen LogP contribution in [0.15, 0.2) is 27.5 Å². The Morgan fingerprint density at radius 1 is 1.50 bits per heavy atom. The van der Waals surface area contributed by atoms with E-state index in [2.05, 4.69) is 10.1 Å². The lowest BCUT2D eigenvalue weighted by Gasteiger charge is -1.92. The highest BCUT2D eigenvalue weighted by atomic mass is 35.5. The van der Waals surface area contributed by atoms with Gasteiger partial charge in [-0.3, -0.25) is 0 Å². The van der Waals surface area contributed by atoms with Crippen LogP contribution in [-0.2, 0) is 7.05 Å². The lowest BCUT2D eigenvalue weighted by molar-refractivity contribution is 0.505. The van der Waals surface area contributed by atoms with Gasteiger partial charge in [-0.2, -0.15) is 4.68 Å². The molecule has 2 aromatic heterocycles. The summed E-state index contributed by atoms with van der Waals surface area (Å²) >= 11 is 5.61. The van der Waals surface area contributed by atoms with E-state index >= 15 is 0 Å². The molecule has 14 heavy (non-hydrogen) atoms. The monoisotopic (exact) mass is 211 g/mol. The van der Waals surface area contributed by atoms with Crippen LogP contribution in [0, 0.1) is 0 Å². The third-order valence-electron chi connectivity index (χ3n) is 1.66. The van der Waals surface area contributed by atoms with E-state index in [4.69, 9.17) is 16.0 Å². The SMILES string of the molecule is Cn1nc(-c2ccc(Cl)nc2)oc1=O. The van der Waals surface area contributed by atoms with Crippen LogP contribution in [0.2, 0.25) is 5.15 Å². The summed E-state index contributed by atoms with van der Waals surface area (Å²) in [5, 5.41) is 4.25. The molecule has 0 spiro atoms. The van der Waals surface area contributed by atoms with E-state index in [1.54, 1.807) is 12.1 Å². The number of hydrogen-bond donors (Lipinski definition) is 0. The second kappa shape index (κ2) is 3.26. The van der Waals surface area contributed by atoms with Gasteiger partial charge in [-0.15, -0.1) is 5.10 Å². The molecule has 0 saturated carbocycles. The average molecular weight is 212 g/mol. The van der Waals surface area contributed by atoms with Gasteiger partial charge in [0.25, 0.3) is 5.89 Å². The van der Waals surface area contributed by atoms with E-state index in [0.717, 1.165) is 4.68 Å². The lowest BCUT2D eigenvalue weighted by atomic mass is 10.3. The van der Waals surface area contributed by atoms with Gasteiger partial charge >= 0.3 is 5.76 Å². The smallest absolute Gasteiger partial charge is 0.388 e. The summed E-state index contributed by atoms with van der Waals surface area (Å²) in [7, 11) is 1.51. The van der Waals surface area contributed by atoms with E-state index in [-0.39, 0.29) is 5.89 Å². The lowest BCUT2D eigenvalue weighted by Crippen LogP contribution is -2.09. The Kier molecular flexibility index (Phi) is 2.09. The molecule has 0 fully saturated rings. The first kappa shape index (κ1) is 8.96. The van der Waals surface area contributed by atoms with Crippen LogP contribution < -0.4 is 5.76 Å². The molecule has 0 atom stereocenters. The number of rotatable bonds is 1. The predicted molar refractivity (Wildman–Crippen MR) is 50.0 cm³/mol. The van der Waals surface area contributed by atoms with Gasteiger partial charge < -0.3 is 4.42 Å². The molecule has 2 heterocycles. The van der Waals surface area contributed by atoms with Gasteiger partial charge in [-0.1, -0.05) is 11.6 Å². The summed E-state index contributed by atoms with van der Waals surface area (Å²) in [5.74, 6) is -0.267. The molecular formula is C8H6ClN3O2. The highest BCUT2D eigenvalue weighted by molar-refractivity contribution is 6.29. The maximum Gasteiger partial charge on any atom is 0.437 e. The number of pyridine rings is 1. The van der Waals surface area contributed by atoms with Crippen LogP contribution in [0.5, 0.6) is 0 Å². The number of aryl methyl sites for hydroxylation is 1. The largest absolute Gasteiger partial charge is 0.437 e. The van der Waals surface area contributed by atoms with Gasteiger partial charge in [0, 0.05) is 13.2 Å². The van der Waals surface area contributed by atoms with E-state index < -0.39 is 5.76 Å². The fourth-order valence-electron chi connectivity index (χ4n) is 0.965. The van der Waals surface area contributed by atoms with Crippen molar-refractivity contribution in [1.29, 1.82) is 0 Å².